The first kappa shape index (κ1) is 16.0. The molecular formula is C17H23NO2S. The van der Waals surface area contributed by atoms with Crippen molar-refractivity contribution in [2.45, 2.75) is 44.4 Å². The van der Waals surface area contributed by atoms with Crippen LogP contribution in [0.25, 0.3) is 0 Å². The van der Waals surface area contributed by atoms with E-state index in [2.05, 4.69) is 19.2 Å². The molecule has 2 rings (SSSR count). The lowest BCUT2D eigenvalue weighted by molar-refractivity contribution is 0.458. The molecule has 0 aliphatic rings. The molecule has 1 aromatic heterocycles. The summed E-state index contributed by atoms with van der Waals surface area (Å²) in [5, 5.41) is 3.29. The second kappa shape index (κ2) is 7.57. The topological polar surface area (TPSA) is 42.2 Å². The van der Waals surface area contributed by atoms with Crippen molar-refractivity contribution in [3.8, 4) is 0 Å². The lowest BCUT2D eigenvalue weighted by atomic mass is 10.1. The summed E-state index contributed by atoms with van der Waals surface area (Å²) >= 11 is 0. The van der Waals surface area contributed by atoms with Crippen molar-refractivity contribution in [3.63, 3.8) is 0 Å². The van der Waals surface area contributed by atoms with E-state index in [-0.39, 0.29) is 0 Å². The highest BCUT2D eigenvalue weighted by molar-refractivity contribution is 7.84. The van der Waals surface area contributed by atoms with Crippen LogP contribution in [0.3, 0.4) is 0 Å². The van der Waals surface area contributed by atoms with Crippen LogP contribution in [0.1, 0.15) is 36.0 Å². The monoisotopic (exact) mass is 305 g/mol. The second-order valence-electron chi connectivity index (χ2n) is 5.28. The Kier molecular flexibility index (Phi) is 5.76. The molecule has 4 heteroatoms. The van der Waals surface area contributed by atoms with Crippen LogP contribution in [0.5, 0.6) is 0 Å². The van der Waals surface area contributed by atoms with Crippen molar-refractivity contribution in [2.75, 3.05) is 6.54 Å². The Labute approximate surface area is 129 Å². The Morgan fingerprint density at radius 1 is 1.10 bits per heavy atom. The third-order valence-electron chi connectivity index (χ3n) is 3.46. The molecule has 21 heavy (non-hydrogen) atoms. The molecule has 1 atom stereocenters. The van der Waals surface area contributed by atoms with E-state index in [0.717, 1.165) is 35.9 Å². The molecule has 0 bridgehead atoms. The number of furan rings is 1. The Hall–Kier alpha value is -1.39. The normalized spacial score (nSPS) is 12.5. The fourth-order valence-corrected chi connectivity index (χ4v) is 3.16. The Balaban J connectivity index is 1.97. The molecule has 1 unspecified atom stereocenters. The van der Waals surface area contributed by atoms with Gasteiger partial charge < -0.3 is 9.73 Å². The SMILES string of the molecule is CCCNCc1ccc(CS(=O)c2ccc(C)c(C)c2)o1. The van der Waals surface area contributed by atoms with E-state index in [0.29, 0.717) is 5.75 Å². The van der Waals surface area contributed by atoms with Crippen LogP contribution < -0.4 is 5.32 Å². The lowest BCUT2D eigenvalue weighted by Gasteiger charge is -2.04. The zero-order valence-corrected chi connectivity index (χ0v) is 13.8. The van der Waals surface area contributed by atoms with Gasteiger partial charge in [0.15, 0.2) is 0 Å². The zero-order chi connectivity index (χ0) is 15.2. The molecule has 3 nitrogen and oxygen atoms in total. The van der Waals surface area contributed by atoms with Gasteiger partial charge in [-0.05, 0) is 62.2 Å². The van der Waals surface area contributed by atoms with Gasteiger partial charge in [0.25, 0.3) is 0 Å². The van der Waals surface area contributed by atoms with Gasteiger partial charge in [-0.25, -0.2) is 0 Å². The number of aryl methyl sites for hydroxylation is 2. The predicted octanol–water partition coefficient (Wildman–Crippen LogP) is 3.70. The van der Waals surface area contributed by atoms with Gasteiger partial charge in [0.2, 0.25) is 0 Å². The first-order valence-corrected chi connectivity index (χ1v) is 8.66. The smallest absolute Gasteiger partial charge is 0.118 e. The number of benzene rings is 1. The van der Waals surface area contributed by atoms with E-state index >= 15 is 0 Å². The molecule has 0 fully saturated rings. The molecule has 0 aliphatic heterocycles. The van der Waals surface area contributed by atoms with Gasteiger partial charge in [-0.3, -0.25) is 4.21 Å². The van der Waals surface area contributed by atoms with E-state index in [9.17, 15) is 4.21 Å². The molecule has 114 valence electrons. The third kappa shape index (κ3) is 4.55. The highest BCUT2D eigenvalue weighted by Gasteiger charge is 2.09. The fourth-order valence-electron chi connectivity index (χ4n) is 2.05. The minimum atomic E-state index is -1.06. The van der Waals surface area contributed by atoms with Gasteiger partial charge in [0.05, 0.1) is 23.1 Å². The molecule has 0 saturated carbocycles. The Morgan fingerprint density at radius 3 is 2.57 bits per heavy atom. The van der Waals surface area contributed by atoms with Gasteiger partial charge in [0.1, 0.15) is 11.5 Å². The van der Waals surface area contributed by atoms with Crippen molar-refractivity contribution >= 4 is 10.8 Å². The van der Waals surface area contributed by atoms with E-state index < -0.39 is 10.8 Å². The highest BCUT2D eigenvalue weighted by Crippen LogP contribution is 2.17. The van der Waals surface area contributed by atoms with Crippen LogP contribution >= 0.6 is 0 Å². The standard InChI is InChI=1S/C17H23NO2S/c1-4-9-18-11-15-6-7-16(20-15)12-21(19)17-8-5-13(2)14(3)10-17/h5-8,10,18H,4,9,11-12H2,1-3H3. The van der Waals surface area contributed by atoms with Crippen molar-refractivity contribution in [2.24, 2.45) is 0 Å². The van der Waals surface area contributed by atoms with Crippen LogP contribution in [0.15, 0.2) is 39.6 Å². The van der Waals surface area contributed by atoms with Crippen molar-refractivity contribution in [1.29, 1.82) is 0 Å². The molecule has 2 aromatic rings. The maximum atomic E-state index is 12.4. The van der Waals surface area contributed by atoms with Crippen LogP contribution in [0.2, 0.25) is 0 Å². The summed E-state index contributed by atoms with van der Waals surface area (Å²) < 4.78 is 18.1. The number of nitrogens with one attached hydrogen (secondary N) is 1. The van der Waals surface area contributed by atoms with E-state index in [1.165, 1.54) is 11.1 Å². The van der Waals surface area contributed by atoms with E-state index in [1.54, 1.807) is 0 Å². The van der Waals surface area contributed by atoms with Crippen molar-refractivity contribution < 1.29 is 8.63 Å². The Bertz CT molecular complexity index is 619. The van der Waals surface area contributed by atoms with Gasteiger partial charge in [-0.15, -0.1) is 0 Å². The first-order valence-electron chi connectivity index (χ1n) is 7.34. The van der Waals surface area contributed by atoms with Gasteiger partial charge in [0, 0.05) is 4.90 Å². The average molecular weight is 305 g/mol. The lowest BCUT2D eigenvalue weighted by Crippen LogP contribution is -2.13. The molecule has 0 saturated heterocycles. The van der Waals surface area contributed by atoms with E-state index in [4.69, 9.17) is 4.42 Å². The molecule has 1 aromatic carbocycles. The summed E-state index contributed by atoms with van der Waals surface area (Å²) in [5.41, 5.74) is 2.39. The fraction of sp³-hybridized carbons (Fsp3) is 0.412. The third-order valence-corrected chi connectivity index (χ3v) is 4.78. The summed E-state index contributed by atoms with van der Waals surface area (Å²) in [5.74, 6) is 2.10. The summed E-state index contributed by atoms with van der Waals surface area (Å²) in [6, 6.07) is 9.82. The number of hydrogen-bond acceptors (Lipinski definition) is 3. The van der Waals surface area contributed by atoms with Crippen LogP contribution in [-0.4, -0.2) is 10.8 Å². The summed E-state index contributed by atoms with van der Waals surface area (Å²) in [7, 11) is -1.06. The van der Waals surface area contributed by atoms with Crippen LogP contribution in [0, 0.1) is 13.8 Å². The van der Waals surface area contributed by atoms with Crippen molar-refractivity contribution in [3.05, 3.63) is 53.0 Å². The predicted molar refractivity (Wildman–Crippen MR) is 86.7 cm³/mol. The first-order chi connectivity index (χ1) is 10.1. The molecule has 0 radical (unpaired) electrons. The summed E-state index contributed by atoms with van der Waals surface area (Å²) in [6.07, 6.45) is 1.10. The Morgan fingerprint density at radius 2 is 1.86 bits per heavy atom. The molecular weight excluding hydrogens is 282 g/mol. The largest absolute Gasteiger partial charge is 0.464 e. The highest BCUT2D eigenvalue weighted by atomic mass is 32.2. The maximum absolute atomic E-state index is 12.4. The number of hydrogen-bond donors (Lipinski definition) is 1. The second-order valence-corrected chi connectivity index (χ2v) is 6.73. The quantitative estimate of drug-likeness (QED) is 0.793. The minimum absolute atomic E-state index is 0.427. The van der Waals surface area contributed by atoms with Crippen LogP contribution in [0.4, 0.5) is 0 Å². The van der Waals surface area contributed by atoms with Gasteiger partial charge >= 0.3 is 0 Å². The van der Waals surface area contributed by atoms with Gasteiger partial charge in [-0.1, -0.05) is 13.0 Å². The summed E-state index contributed by atoms with van der Waals surface area (Å²) in [6.45, 7) is 7.94. The van der Waals surface area contributed by atoms with Gasteiger partial charge in [-0.2, -0.15) is 0 Å². The van der Waals surface area contributed by atoms with E-state index in [1.807, 2.05) is 37.3 Å². The van der Waals surface area contributed by atoms with Crippen LogP contribution in [-0.2, 0) is 23.1 Å². The molecule has 1 heterocycles. The molecule has 1 N–H and O–H groups in total. The summed E-state index contributed by atoms with van der Waals surface area (Å²) in [4.78, 5) is 0.861. The maximum Gasteiger partial charge on any atom is 0.118 e. The average Bonchev–Trinajstić information content (AvgIpc) is 2.89. The van der Waals surface area contributed by atoms with Crippen molar-refractivity contribution in [1.82, 2.24) is 5.32 Å². The molecule has 0 spiro atoms. The zero-order valence-electron chi connectivity index (χ0n) is 12.9. The number of rotatable bonds is 7. The molecule has 0 amide bonds. The molecule has 0 aliphatic carbocycles. The minimum Gasteiger partial charge on any atom is -0.464 e.